The van der Waals surface area contributed by atoms with E-state index in [1.807, 2.05) is 27.7 Å². The van der Waals surface area contributed by atoms with Gasteiger partial charge in [0.2, 0.25) is 0 Å². The van der Waals surface area contributed by atoms with Crippen LogP contribution in [0, 0.1) is 26.7 Å². The van der Waals surface area contributed by atoms with Gasteiger partial charge in [-0.15, -0.1) is 0 Å². The summed E-state index contributed by atoms with van der Waals surface area (Å²) in [7, 11) is 0. The Morgan fingerprint density at radius 3 is 2.39 bits per heavy atom. The van der Waals surface area contributed by atoms with Crippen molar-refractivity contribution in [3.8, 4) is 0 Å². The number of carbonyl (C=O) groups is 1. The van der Waals surface area contributed by atoms with Crippen molar-refractivity contribution in [1.29, 1.82) is 0 Å². The molecule has 1 heterocycles. The van der Waals surface area contributed by atoms with Crippen LogP contribution in [-0.2, 0) is 0 Å². The Bertz CT molecular complexity index is 423. The molecule has 1 amide bonds. The van der Waals surface area contributed by atoms with Crippen LogP contribution in [-0.4, -0.2) is 23.7 Å². The molecule has 2 atom stereocenters. The highest BCUT2D eigenvalue weighted by Crippen LogP contribution is 2.20. The monoisotopic (exact) mass is 253 g/mol. The lowest BCUT2D eigenvalue weighted by Gasteiger charge is -2.17. The fourth-order valence-corrected chi connectivity index (χ4v) is 1.89. The zero-order valence-corrected chi connectivity index (χ0v) is 11.8. The average molecular weight is 253 g/mol. The zero-order chi connectivity index (χ0) is 13.9. The lowest BCUT2D eigenvalue weighted by atomic mass is 10.0. The maximum absolute atomic E-state index is 12.0. The Morgan fingerprint density at radius 2 is 1.94 bits per heavy atom. The molecule has 0 fully saturated rings. The van der Waals surface area contributed by atoms with Gasteiger partial charge >= 0.3 is 0 Å². The van der Waals surface area contributed by atoms with Crippen LogP contribution in [0.3, 0.4) is 0 Å². The van der Waals surface area contributed by atoms with Crippen molar-refractivity contribution in [3.63, 3.8) is 0 Å². The predicted molar refractivity (Wildman–Crippen MR) is 70.7 cm³/mol. The number of aliphatic hydroxyl groups is 1. The molecule has 0 saturated heterocycles. The maximum Gasteiger partial charge on any atom is 0.255 e. The van der Waals surface area contributed by atoms with E-state index in [9.17, 15) is 9.90 Å². The summed E-state index contributed by atoms with van der Waals surface area (Å²) in [4.78, 5) is 12.0. The van der Waals surface area contributed by atoms with Gasteiger partial charge in [0.05, 0.1) is 11.7 Å². The van der Waals surface area contributed by atoms with Crippen LogP contribution in [0.2, 0.25) is 0 Å². The Kier molecular flexibility index (Phi) is 4.96. The van der Waals surface area contributed by atoms with E-state index in [0.29, 0.717) is 11.3 Å². The number of furan rings is 1. The Balaban J connectivity index is 2.66. The van der Waals surface area contributed by atoms with Crippen molar-refractivity contribution >= 4 is 5.91 Å². The second kappa shape index (κ2) is 6.05. The maximum atomic E-state index is 12.0. The van der Waals surface area contributed by atoms with Gasteiger partial charge in [-0.3, -0.25) is 4.79 Å². The van der Waals surface area contributed by atoms with Crippen LogP contribution in [0.25, 0.3) is 0 Å². The highest BCUT2D eigenvalue weighted by atomic mass is 16.3. The predicted octanol–water partition coefficient (Wildman–Crippen LogP) is 2.34. The molecule has 0 aliphatic heterocycles. The summed E-state index contributed by atoms with van der Waals surface area (Å²) < 4.78 is 5.42. The minimum Gasteiger partial charge on any atom is -0.466 e. The van der Waals surface area contributed by atoms with E-state index in [-0.39, 0.29) is 18.4 Å². The van der Waals surface area contributed by atoms with Crippen molar-refractivity contribution < 1.29 is 14.3 Å². The van der Waals surface area contributed by atoms with Crippen LogP contribution >= 0.6 is 0 Å². The third kappa shape index (κ3) is 3.13. The fraction of sp³-hybridized carbons (Fsp3) is 0.643. The van der Waals surface area contributed by atoms with Gasteiger partial charge in [0.15, 0.2) is 0 Å². The first-order valence-corrected chi connectivity index (χ1v) is 6.41. The summed E-state index contributed by atoms with van der Waals surface area (Å²) in [5.74, 6) is 1.39. The molecule has 4 nitrogen and oxygen atoms in total. The van der Waals surface area contributed by atoms with Gasteiger partial charge in [-0.25, -0.2) is 0 Å². The van der Waals surface area contributed by atoms with Crippen LogP contribution in [0.15, 0.2) is 4.42 Å². The van der Waals surface area contributed by atoms with E-state index in [2.05, 4.69) is 5.32 Å². The summed E-state index contributed by atoms with van der Waals surface area (Å²) in [6.07, 6.45) is 0.382. The lowest BCUT2D eigenvalue weighted by Crippen LogP contribution is -2.35. The number of aliphatic hydroxyl groups excluding tert-OH is 1. The lowest BCUT2D eigenvalue weighted by molar-refractivity contribution is 0.0848. The minimum atomic E-state index is -0.507. The van der Waals surface area contributed by atoms with Gasteiger partial charge in [0.25, 0.3) is 5.91 Å². The van der Waals surface area contributed by atoms with E-state index in [0.717, 1.165) is 17.7 Å². The Labute approximate surface area is 108 Å². The first kappa shape index (κ1) is 14.8. The molecule has 1 aromatic heterocycles. The van der Waals surface area contributed by atoms with Crippen molar-refractivity contribution in [2.24, 2.45) is 5.92 Å². The molecule has 0 spiro atoms. The number of aryl methyl sites for hydroxylation is 2. The number of amides is 1. The number of carbonyl (C=O) groups excluding carboxylic acids is 1. The Morgan fingerprint density at radius 1 is 1.33 bits per heavy atom. The quantitative estimate of drug-likeness (QED) is 0.846. The molecule has 2 N–H and O–H groups in total. The fourth-order valence-electron chi connectivity index (χ4n) is 1.89. The zero-order valence-electron chi connectivity index (χ0n) is 11.8. The second-order valence-electron chi connectivity index (χ2n) is 4.88. The number of hydrogen-bond acceptors (Lipinski definition) is 3. The van der Waals surface area contributed by atoms with E-state index in [1.54, 1.807) is 6.92 Å². The first-order valence-electron chi connectivity index (χ1n) is 6.41. The van der Waals surface area contributed by atoms with Gasteiger partial charge in [0, 0.05) is 12.1 Å². The Hall–Kier alpha value is -1.29. The summed E-state index contributed by atoms with van der Waals surface area (Å²) in [5, 5.41) is 12.6. The molecule has 0 aliphatic carbocycles. The highest BCUT2D eigenvalue weighted by Gasteiger charge is 2.20. The van der Waals surface area contributed by atoms with Crippen molar-refractivity contribution in [1.82, 2.24) is 5.32 Å². The van der Waals surface area contributed by atoms with Crippen molar-refractivity contribution in [2.75, 3.05) is 6.54 Å². The minimum absolute atomic E-state index is 0.177. The topological polar surface area (TPSA) is 62.5 Å². The molecule has 0 bridgehead atoms. The van der Waals surface area contributed by atoms with Crippen LogP contribution < -0.4 is 5.32 Å². The molecule has 1 aromatic rings. The van der Waals surface area contributed by atoms with Gasteiger partial charge < -0.3 is 14.8 Å². The van der Waals surface area contributed by atoms with Crippen molar-refractivity contribution in [2.45, 2.75) is 47.1 Å². The van der Waals surface area contributed by atoms with E-state index in [4.69, 9.17) is 4.42 Å². The third-order valence-electron chi connectivity index (χ3n) is 3.56. The molecular weight excluding hydrogens is 230 g/mol. The summed E-state index contributed by atoms with van der Waals surface area (Å²) in [5.41, 5.74) is 1.45. The average Bonchev–Trinajstić information content (AvgIpc) is 2.59. The molecule has 18 heavy (non-hydrogen) atoms. The van der Waals surface area contributed by atoms with Crippen LogP contribution in [0.5, 0.6) is 0 Å². The third-order valence-corrected chi connectivity index (χ3v) is 3.56. The number of hydrogen-bond donors (Lipinski definition) is 2. The molecule has 0 saturated carbocycles. The normalized spacial score (nSPS) is 14.3. The smallest absolute Gasteiger partial charge is 0.255 e. The van der Waals surface area contributed by atoms with Crippen LogP contribution in [0.1, 0.15) is 47.7 Å². The molecule has 4 heteroatoms. The molecule has 0 aromatic carbocycles. The van der Waals surface area contributed by atoms with Gasteiger partial charge in [-0.2, -0.15) is 0 Å². The summed E-state index contributed by atoms with van der Waals surface area (Å²) in [6.45, 7) is 9.74. The molecule has 2 unspecified atom stereocenters. The van der Waals surface area contributed by atoms with E-state index in [1.165, 1.54) is 0 Å². The summed E-state index contributed by atoms with van der Waals surface area (Å²) in [6, 6.07) is 0. The van der Waals surface area contributed by atoms with E-state index < -0.39 is 6.10 Å². The van der Waals surface area contributed by atoms with Crippen molar-refractivity contribution in [3.05, 3.63) is 22.6 Å². The van der Waals surface area contributed by atoms with Gasteiger partial charge in [0.1, 0.15) is 11.5 Å². The van der Waals surface area contributed by atoms with Crippen LogP contribution in [0.4, 0.5) is 0 Å². The SMILES string of the molecule is CCC(C)C(O)CNC(=O)c1c(C)oc(C)c1C. The standard InChI is InChI=1S/C14H23NO3/c1-6-8(2)12(16)7-15-14(17)13-9(3)10(4)18-11(13)5/h8,12,16H,6-7H2,1-5H3,(H,15,17). The summed E-state index contributed by atoms with van der Waals surface area (Å²) >= 11 is 0. The first-order chi connectivity index (χ1) is 8.38. The highest BCUT2D eigenvalue weighted by molar-refractivity contribution is 5.96. The number of rotatable bonds is 5. The molecule has 102 valence electrons. The van der Waals surface area contributed by atoms with E-state index >= 15 is 0 Å². The second-order valence-corrected chi connectivity index (χ2v) is 4.88. The molecular formula is C14H23NO3. The largest absolute Gasteiger partial charge is 0.466 e. The molecule has 1 rings (SSSR count). The molecule has 0 radical (unpaired) electrons. The van der Waals surface area contributed by atoms with Gasteiger partial charge in [-0.05, 0) is 26.7 Å². The van der Waals surface area contributed by atoms with Gasteiger partial charge in [-0.1, -0.05) is 20.3 Å². The molecule has 0 aliphatic rings. The number of nitrogens with one attached hydrogen (secondary N) is 1.